The Morgan fingerprint density at radius 2 is 3.00 bits per heavy atom. The normalized spacial score (nSPS) is 8.00. The third-order valence-corrected chi connectivity index (χ3v) is 0.777. The van der Waals surface area contributed by atoms with Crippen LogP contribution in [-0.2, 0) is 0 Å². The van der Waals surface area contributed by atoms with Gasteiger partial charge in [0.25, 0.3) is 0 Å². The second-order valence-corrected chi connectivity index (χ2v) is 1.34. The Bertz CT molecular complexity index is 67.3. The summed E-state index contributed by atoms with van der Waals surface area (Å²) in [6.07, 6.45) is 2.63. The Labute approximate surface area is 35.8 Å². The van der Waals surface area contributed by atoms with Crippen molar-refractivity contribution in [3.8, 4) is 0 Å². The van der Waals surface area contributed by atoms with Crippen molar-refractivity contribution in [1.29, 1.82) is 0 Å². The predicted molar refractivity (Wildman–Crippen MR) is 22.1 cm³/mol. The highest BCUT2D eigenvalue weighted by molar-refractivity contribution is 7.07. The van der Waals surface area contributed by atoms with E-state index in [-0.39, 0.29) is 1.43 Å². The Kier molecular flexibility index (Phi) is 0.667. The van der Waals surface area contributed by atoms with E-state index in [2.05, 4.69) is 11.2 Å². The van der Waals surface area contributed by atoms with E-state index in [9.17, 15) is 0 Å². The molecule has 2 heteroatoms. The summed E-state index contributed by atoms with van der Waals surface area (Å²) in [6, 6.07) is 0. The molecule has 0 aliphatic heterocycles. The van der Waals surface area contributed by atoms with E-state index >= 15 is 0 Å². The highest BCUT2D eigenvalue weighted by Gasteiger charge is 1.61. The molecular formula is C3H3NS+. The van der Waals surface area contributed by atoms with Crippen LogP contribution in [0.25, 0.3) is 0 Å². The largest absolute Gasteiger partial charge is 1.00 e. The van der Waals surface area contributed by atoms with Gasteiger partial charge in [0, 0.05) is 5.38 Å². The van der Waals surface area contributed by atoms with Gasteiger partial charge in [-0.15, -0.1) is 11.3 Å². The lowest BCUT2D eigenvalue weighted by atomic mass is 11.0. The van der Waals surface area contributed by atoms with Crippen LogP contribution in [-0.4, -0.2) is 4.98 Å². The van der Waals surface area contributed by atoms with Crippen LogP contribution in [0.5, 0.6) is 0 Å². The fourth-order valence-corrected chi connectivity index (χ4v) is 0.456. The predicted octanol–water partition coefficient (Wildman–Crippen LogP) is 1.06. The van der Waals surface area contributed by atoms with Gasteiger partial charge < -0.3 is 0 Å². The zero-order valence-corrected chi connectivity index (χ0v) is 3.33. The van der Waals surface area contributed by atoms with E-state index < -0.39 is 0 Å². The molecule has 1 radical (unpaired) electrons. The molecule has 1 rings (SSSR count). The zero-order chi connectivity index (χ0) is 3.54. The van der Waals surface area contributed by atoms with Gasteiger partial charge in [0.2, 0.25) is 0 Å². The van der Waals surface area contributed by atoms with Crippen molar-refractivity contribution in [1.82, 2.24) is 4.98 Å². The average molecular weight is 85.1 g/mol. The molecule has 0 aliphatic rings. The SMILES string of the molecule is [H+].[c]1cscn1. The fraction of sp³-hybridized carbons (Fsp3) is 0. The van der Waals surface area contributed by atoms with Crippen LogP contribution in [0.1, 0.15) is 1.43 Å². The van der Waals surface area contributed by atoms with Gasteiger partial charge in [0.05, 0.1) is 5.51 Å². The first kappa shape index (κ1) is 2.85. The minimum atomic E-state index is 0. The monoisotopic (exact) mass is 85.0 g/mol. The van der Waals surface area contributed by atoms with Crippen molar-refractivity contribution < 1.29 is 1.43 Å². The second kappa shape index (κ2) is 1.17. The van der Waals surface area contributed by atoms with E-state index in [4.69, 9.17) is 0 Å². The van der Waals surface area contributed by atoms with Gasteiger partial charge in [0.1, 0.15) is 6.20 Å². The maximum atomic E-state index is 3.62. The molecule has 0 spiro atoms. The lowest BCUT2D eigenvalue weighted by Crippen LogP contribution is -1.40. The fourth-order valence-electron chi connectivity index (χ4n) is 0.152. The molecule has 0 saturated heterocycles. The van der Waals surface area contributed by atoms with E-state index in [1.165, 1.54) is 0 Å². The highest BCUT2D eigenvalue weighted by Crippen LogP contribution is 1.84. The number of aromatic nitrogens is 1. The summed E-state index contributed by atoms with van der Waals surface area (Å²) in [6.45, 7) is 0. The van der Waals surface area contributed by atoms with Crippen molar-refractivity contribution in [2.75, 3.05) is 0 Å². The van der Waals surface area contributed by atoms with Crippen LogP contribution in [0, 0.1) is 6.20 Å². The molecule has 0 aliphatic carbocycles. The van der Waals surface area contributed by atoms with E-state index in [0.717, 1.165) is 0 Å². The van der Waals surface area contributed by atoms with Crippen LogP contribution >= 0.6 is 11.3 Å². The van der Waals surface area contributed by atoms with Crippen molar-refractivity contribution >= 4 is 11.3 Å². The maximum absolute atomic E-state index is 3.62. The van der Waals surface area contributed by atoms with Crippen LogP contribution in [0.3, 0.4) is 0 Å². The molecule has 0 saturated carbocycles. The van der Waals surface area contributed by atoms with Crippen LogP contribution < -0.4 is 0 Å². The zero-order valence-electron chi connectivity index (χ0n) is 3.51. The molecule has 0 bridgehead atoms. The molecule has 25 valence electrons. The Morgan fingerprint density at radius 1 is 2.00 bits per heavy atom. The Balaban J connectivity index is 0.000000250. The molecule has 0 unspecified atom stereocenters. The first-order valence-corrected chi connectivity index (χ1v) is 2.18. The van der Waals surface area contributed by atoms with Gasteiger partial charge in [-0.2, -0.15) is 0 Å². The summed E-state index contributed by atoms with van der Waals surface area (Å²) in [5.74, 6) is 0. The minimum absolute atomic E-state index is 0. The van der Waals surface area contributed by atoms with Crippen LogP contribution in [0.15, 0.2) is 10.9 Å². The Morgan fingerprint density at radius 3 is 3.20 bits per heavy atom. The van der Waals surface area contributed by atoms with E-state index in [0.29, 0.717) is 0 Å². The molecule has 0 aromatic carbocycles. The summed E-state index contributed by atoms with van der Waals surface area (Å²) in [5, 5.41) is 1.81. The molecule has 1 aromatic heterocycles. The van der Waals surface area contributed by atoms with Gasteiger partial charge in [-0.05, 0) is 0 Å². The molecule has 1 aromatic rings. The van der Waals surface area contributed by atoms with Gasteiger partial charge in [-0.25, -0.2) is 4.98 Å². The van der Waals surface area contributed by atoms with Gasteiger partial charge in [0.15, 0.2) is 0 Å². The van der Waals surface area contributed by atoms with Crippen LogP contribution in [0.2, 0.25) is 0 Å². The molecule has 0 amide bonds. The van der Waals surface area contributed by atoms with Crippen molar-refractivity contribution in [3.05, 3.63) is 17.1 Å². The Hall–Kier alpha value is -0.370. The van der Waals surface area contributed by atoms with Gasteiger partial charge in [-0.1, -0.05) is 0 Å². The minimum Gasteiger partial charge on any atom is -0.243 e. The molecule has 1 nitrogen and oxygen atoms in total. The topological polar surface area (TPSA) is 12.9 Å². The van der Waals surface area contributed by atoms with Crippen molar-refractivity contribution in [2.45, 2.75) is 0 Å². The smallest absolute Gasteiger partial charge is 0.243 e. The molecule has 0 atom stereocenters. The summed E-state index contributed by atoms with van der Waals surface area (Å²) < 4.78 is 0. The van der Waals surface area contributed by atoms with Crippen molar-refractivity contribution in [3.63, 3.8) is 0 Å². The van der Waals surface area contributed by atoms with Crippen LogP contribution in [0.4, 0.5) is 0 Å². The molecule has 0 fully saturated rings. The first-order valence-electron chi connectivity index (χ1n) is 1.24. The summed E-state index contributed by atoms with van der Waals surface area (Å²) in [4.78, 5) is 3.62. The molecule has 1 heterocycles. The molecule has 0 N–H and O–H groups in total. The lowest BCUT2D eigenvalue weighted by Gasteiger charge is -1.39. The number of nitrogens with zero attached hydrogens (tertiary/aromatic N) is 1. The van der Waals surface area contributed by atoms with E-state index in [1.807, 2.05) is 0 Å². The third kappa shape index (κ3) is 0.450. The number of hydrogen-bond donors (Lipinski definition) is 0. The second-order valence-electron chi connectivity index (χ2n) is 0.618. The number of rotatable bonds is 0. The maximum Gasteiger partial charge on any atom is 1.00 e. The average Bonchev–Trinajstić information content (AvgIpc) is 1.76. The number of thiazole rings is 1. The quantitative estimate of drug-likeness (QED) is 0.459. The van der Waals surface area contributed by atoms with Gasteiger partial charge in [-0.3, -0.25) is 0 Å². The van der Waals surface area contributed by atoms with E-state index in [1.54, 1.807) is 22.2 Å². The summed E-state index contributed by atoms with van der Waals surface area (Å²) in [5.41, 5.74) is 1.74. The summed E-state index contributed by atoms with van der Waals surface area (Å²) >= 11 is 1.55. The summed E-state index contributed by atoms with van der Waals surface area (Å²) in [7, 11) is 0. The first-order chi connectivity index (χ1) is 2.50. The third-order valence-electron chi connectivity index (χ3n) is 0.309. The molecular weight excluding hydrogens is 82.1 g/mol. The lowest BCUT2D eigenvalue weighted by molar-refractivity contribution is 1.41. The standard InChI is InChI=1S/C3H2NS/c1-2-5-3-4-1/h2-3H/p+1. The highest BCUT2D eigenvalue weighted by atomic mass is 32.1. The number of hydrogen-bond acceptors (Lipinski definition) is 2. The van der Waals surface area contributed by atoms with Crippen molar-refractivity contribution in [2.24, 2.45) is 0 Å². The molecule has 5 heavy (non-hydrogen) atoms. The van der Waals surface area contributed by atoms with Gasteiger partial charge >= 0.3 is 1.43 Å².